The van der Waals surface area contributed by atoms with Crippen LogP contribution in [0.15, 0.2) is 24.4 Å². The maximum Gasteiger partial charge on any atom is 0.281 e. The molecule has 7 heteroatoms. The zero-order chi connectivity index (χ0) is 14.1. The smallest absolute Gasteiger partial charge is 0.281 e. The summed E-state index contributed by atoms with van der Waals surface area (Å²) in [7, 11) is 0. The van der Waals surface area contributed by atoms with Crippen molar-refractivity contribution in [1.29, 1.82) is 0 Å². The lowest BCUT2D eigenvalue weighted by Gasteiger charge is -2.14. The molecule has 1 unspecified atom stereocenters. The molecule has 1 aliphatic rings. The van der Waals surface area contributed by atoms with Gasteiger partial charge >= 0.3 is 0 Å². The highest BCUT2D eigenvalue weighted by molar-refractivity contribution is 5.92. The quantitative estimate of drug-likeness (QED) is 0.686. The SMILES string of the molecule is O=[N+]([O-])c1cc(F)c(OC2CCNC2)c2ncccc12. The van der Waals surface area contributed by atoms with E-state index < -0.39 is 10.7 Å². The second-order valence-corrected chi connectivity index (χ2v) is 4.60. The highest BCUT2D eigenvalue weighted by Gasteiger charge is 2.24. The number of pyridine rings is 1. The minimum absolute atomic E-state index is 0.0140. The standard InChI is InChI=1S/C13H12FN3O3/c14-10-6-11(17(18)19)9-2-1-4-16-12(9)13(10)20-8-3-5-15-7-8/h1-2,4,6,8,15H,3,5,7H2. The second kappa shape index (κ2) is 5.01. The minimum Gasteiger partial charge on any atom is -0.484 e. The number of nitro groups is 1. The van der Waals surface area contributed by atoms with Crippen LogP contribution in [0.3, 0.4) is 0 Å². The summed E-state index contributed by atoms with van der Waals surface area (Å²) < 4.78 is 19.7. The van der Waals surface area contributed by atoms with Gasteiger partial charge in [0.25, 0.3) is 5.69 Å². The average molecular weight is 277 g/mol. The highest BCUT2D eigenvalue weighted by Crippen LogP contribution is 2.35. The van der Waals surface area contributed by atoms with E-state index in [9.17, 15) is 14.5 Å². The fourth-order valence-electron chi connectivity index (χ4n) is 2.33. The van der Waals surface area contributed by atoms with Crippen molar-refractivity contribution < 1.29 is 14.1 Å². The molecule has 0 spiro atoms. The molecule has 0 aliphatic carbocycles. The number of benzene rings is 1. The molecule has 104 valence electrons. The van der Waals surface area contributed by atoms with Crippen LogP contribution in [0.25, 0.3) is 10.9 Å². The Labute approximate surface area is 113 Å². The third-order valence-electron chi connectivity index (χ3n) is 3.28. The van der Waals surface area contributed by atoms with Crippen LogP contribution in [0.4, 0.5) is 10.1 Å². The highest BCUT2D eigenvalue weighted by atomic mass is 19.1. The van der Waals surface area contributed by atoms with Crippen LogP contribution in [-0.4, -0.2) is 29.1 Å². The lowest BCUT2D eigenvalue weighted by Crippen LogP contribution is -2.20. The minimum atomic E-state index is -0.755. The first-order valence-electron chi connectivity index (χ1n) is 6.26. The Morgan fingerprint density at radius 1 is 1.55 bits per heavy atom. The van der Waals surface area contributed by atoms with Gasteiger partial charge in [-0.25, -0.2) is 4.39 Å². The van der Waals surface area contributed by atoms with E-state index in [1.807, 2.05) is 0 Å². The molecule has 1 atom stereocenters. The van der Waals surface area contributed by atoms with Crippen molar-refractivity contribution in [2.45, 2.75) is 12.5 Å². The van der Waals surface area contributed by atoms with Crippen LogP contribution >= 0.6 is 0 Å². The van der Waals surface area contributed by atoms with Crippen LogP contribution in [0.2, 0.25) is 0 Å². The van der Waals surface area contributed by atoms with E-state index in [0.29, 0.717) is 6.54 Å². The topological polar surface area (TPSA) is 77.3 Å². The number of ether oxygens (including phenoxy) is 1. The first-order valence-corrected chi connectivity index (χ1v) is 6.26. The van der Waals surface area contributed by atoms with Gasteiger partial charge in [-0.2, -0.15) is 0 Å². The van der Waals surface area contributed by atoms with Gasteiger partial charge in [0, 0.05) is 12.7 Å². The fraction of sp³-hybridized carbons (Fsp3) is 0.308. The molecule has 0 radical (unpaired) electrons. The number of fused-ring (bicyclic) bond motifs is 1. The van der Waals surface area contributed by atoms with Crippen molar-refractivity contribution >= 4 is 16.6 Å². The van der Waals surface area contributed by atoms with E-state index in [1.165, 1.54) is 6.20 Å². The summed E-state index contributed by atoms with van der Waals surface area (Å²) in [6.07, 6.45) is 2.09. The summed E-state index contributed by atoms with van der Waals surface area (Å²) in [4.78, 5) is 14.4. The summed E-state index contributed by atoms with van der Waals surface area (Å²) in [5.74, 6) is -0.769. The Morgan fingerprint density at radius 2 is 2.40 bits per heavy atom. The normalized spacial score (nSPS) is 18.4. The van der Waals surface area contributed by atoms with Crippen LogP contribution in [0.5, 0.6) is 5.75 Å². The first-order chi connectivity index (χ1) is 9.66. The van der Waals surface area contributed by atoms with Gasteiger partial charge in [0.05, 0.1) is 16.4 Å². The first kappa shape index (κ1) is 12.7. The van der Waals surface area contributed by atoms with Gasteiger partial charge in [-0.1, -0.05) is 0 Å². The van der Waals surface area contributed by atoms with E-state index in [1.54, 1.807) is 12.1 Å². The Morgan fingerprint density at radius 3 is 3.10 bits per heavy atom. The molecule has 6 nitrogen and oxygen atoms in total. The van der Waals surface area contributed by atoms with Gasteiger partial charge in [-0.15, -0.1) is 0 Å². The third-order valence-corrected chi connectivity index (χ3v) is 3.28. The molecule has 1 aliphatic heterocycles. The van der Waals surface area contributed by atoms with Gasteiger partial charge in [0.1, 0.15) is 11.6 Å². The molecule has 0 saturated carbocycles. The molecule has 1 saturated heterocycles. The Kier molecular flexibility index (Phi) is 3.19. The van der Waals surface area contributed by atoms with Crippen molar-refractivity contribution in [3.63, 3.8) is 0 Å². The summed E-state index contributed by atoms with van der Waals surface area (Å²) in [5, 5.41) is 14.4. The molecular formula is C13H12FN3O3. The van der Waals surface area contributed by atoms with Crippen LogP contribution < -0.4 is 10.1 Å². The van der Waals surface area contributed by atoms with E-state index in [2.05, 4.69) is 10.3 Å². The largest absolute Gasteiger partial charge is 0.484 e. The van der Waals surface area contributed by atoms with Crippen molar-refractivity contribution in [3.8, 4) is 5.75 Å². The number of hydrogen-bond acceptors (Lipinski definition) is 5. The van der Waals surface area contributed by atoms with Crippen molar-refractivity contribution in [3.05, 3.63) is 40.3 Å². The number of aromatic nitrogens is 1. The molecule has 1 aromatic heterocycles. The van der Waals surface area contributed by atoms with Crippen LogP contribution in [0, 0.1) is 15.9 Å². The zero-order valence-electron chi connectivity index (χ0n) is 10.5. The zero-order valence-corrected chi connectivity index (χ0v) is 10.5. The van der Waals surface area contributed by atoms with Gasteiger partial charge < -0.3 is 10.1 Å². The molecule has 1 aromatic carbocycles. The summed E-state index contributed by atoms with van der Waals surface area (Å²) in [6.45, 7) is 1.44. The number of hydrogen-bond donors (Lipinski definition) is 1. The number of halogens is 1. The Bertz CT molecular complexity index is 671. The molecule has 1 fully saturated rings. The van der Waals surface area contributed by atoms with Gasteiger partial charge in [0.15, 0.2) is 11.6 Å². The molecule has 20 heavy (non-hydrogen) atoms. The monoisotopic (exact) mass is 277 g/mol. The molecule has 3 rings (SSSR count). The van der Waals surface area contributed by atoms with E-state index in [-0.39, 0.29) is 28.4 Å². The molecule has 1 N–H and O–H groups in total. The Balaban J connectivity index is 2.13. The van der Waals surface area contributed by atoms with E-state index in [0.717, 1.165) is 19.0 Å². The molecular weight excluding hydrogens is 265 g/mol. The van der Waals surface area contributed by atoms with Crippen LogP contribution in [-0.2, 0) is 0 Å². The summed E-state index contributed by atoms with van der Waals surface area (Å²) in [5.41, 5.74) is -0.117. The summed E-state index contributed by atoms with van der Waals surface area (Å²) >= 11 is 0. The van der Waals surface area contributed by atoms with Gasteiger partial charge in [-0.05, 0) is 25.1 Å². The van der Waals surface area contributed by atoms with E-state index >= 15 is 0 Å². The average Bonchev–Trinajstić information content (AvgIpc) is 2.94. The molecule has 2 aromatic rings. The maximum atomic E-state index is 14.1. The number of nitrogens with zero attached hydrogens (tertiary/aromatic N) is 2. The summed E-state index contributed by atoms with van der Waals surface area (Å²) in [6, 6.07) is 4.01. The predicted molar refractivity (Wildman–Crippen MR) is 70.3 cm³/mol. The van der Waals surface area contributed by atoms with Crippen molar-refractivity contribution in [1.82, 2.24) is 10.3 Å². The van der Waals surface area contributed by atoms with Crippen molar-refractivity contribution in [2.75, 3.05) is 13.1 Å². The second-order valence-electron chi connectivity index (χ2n) is 4.60. The van der Waals surface area contributed by atoms with Crippen molar-refractivity contribution in [2.24, 2.45) is 0 Å². The third kappa shape index (κ3) is 2.16. The lowest BCUT2D eigenvalue weighted by molar-refractivity contribution is -0.383. The number of nitro benzene ring substituents is 1. The molecule has 0 bridgehead atoms. The number of rotatable bonds is 3. The molecule has 2 heterocycles. The fourth-order valence-corrected chi connectivity index (χ4v) is 2.33. The lowest BCUT2D eigenvalue weighted by atomic mass is 10.1. The molecule has 0 amide bonds. The maximum absolute atomic E-state index is 14.1. The van der Waals surface area contributed by atoms with Gasteiger partial charge in [-0.3, -0.25) is 15.1 Å². The Hall–Kier alpha value is -2.28. The number of nitrogens with one attached hydrogen (secondary N) is 1. The van der Waals surface area contributed by atoms with Crippen LogP contribution in [0.1, 0.15) is 6.42 Å². The van der Waals surface area contributed by atoms with E-state index in [4.69, 9.17) is 4.74 Å². The van der Waals surface area contributed by atoms with Gasteiger partial charge in [0.2, 0.25) is 0 Å². The predicted octanol–water partition coefficient (Wildman–Crippen LogP) is 2.02. The number of non-ortho nitro benzene ring substituents is 1.